The monoisotopic (exact) mass is 287 g/mol. The van der Waals surface area contributed by atoms with Gasteiger partial charge in [0, 0.05) is 6.20 Å². The van der Waals surface area contributed by atoms with Gasteiger partial charge >= 0.3 is 0 Å². The molecule has 2 heterocycles. The average molecular weight is 289 g/mol. The Balaban J connectivity index is 2.45. The molecule has 0 aliphatic carbocycles. The van der Waals surface area contributed by atoms with Gasteiger partial charge < -0.3 is 0 Å². The fourth-order valence-corrected chi connectivity index (χ4v) is 1.30. The lowest BCUT2D eigenvalue weighted by molar-refractivity contribution is 0.621. The molecular weight excluding hydrogens is 284 g/mol. The molecule has 0 radical (unpaired) electrons. The molecule has 0 saturated carbocycles. The van der Waals surface area contributed by atoms with Crippen molar-refractivity contribution < 1.29 is 4.39 Å². The number of hydrogen-bond donors (Lipinski definition) is 0. The second-order valence-corrected chi connectivity index (χ2v) is 3.91. The molecule has 0 saturated heterocycles. The quantitative estimate of drug-likeness (QED) is 0.757. The van der Waals surface area contributed by atoms with Gasteiger partial charge in [-0.2, -0.15) is 0 Å². The number of halogens is 3. The SMILES string of the molecule is Fc1ccc(-c2ncc(Br)c(Cl)n2)nc1. The third-order valence-corrected chi connectivity index (χ3v) is 2.75. The third kappa shape index (κ3) is 2.30. The molecule has 0 unspecified atom stereocenters. The zero-order valence-electron chi connectivity index (χ0n) is 7.28. The third-order valence-electron chi connectivity index (χ3n) is 1.66. The zero-order chi connectivity index (χ0) is 10.8. The Morgan fingerprint density at radius 1 is 1.20 bits per heavy atom. The van der Waals surface area contributed by atoms with E-state index in [9.17, 15) is 4.39 Å². The van der Waals surface area contributed by atoms with Crippen LogP contribution < -0.4 is 0 Å². The van der Waals surface area contributed by atoms with Crippen molar-refractivity contribution in [2.75, 3.05) is 0 Å². The summed E-state index contributed by atoms with van der Waals surface area (Å²) in [4.78, 5) is 11.9. The molecule has 2 rings (SSSR count). The van der Waals surface area contributed by atoms with E-state index in [-0.39, 0.29) is 0 Å². The molecule has 0 N–H and O–H groups in total. The highest BCUT2D eigenvalue weighted by molar-refractivity contribution is 9.10. The van der Waals surface area contributed by atoms with Crippen molar-refractivity contribution in [3.8, 4) is 11.5 Å². The summed E-state index contributed by atoms with van der Waals surface area (Å²) in [5.41, 5.74) is 0.478. The molecule has 0 atom stereocenters. The van der Waals surface area contributed by atoms with Crippen molar-refractivity contribution >= 4 is 27.5 Å². The highest BCUT2D eigenvalue weighted by Gasteiger charge is 2.06. The lowest BCUT2D eigenvalue weighted by Crippen LogP contribution is -1.92. The normalized spacial score (nSPS) is 10.3. The van der Waals surface area contributed by atoms with Crippen molar-refractivity contribution in [3.63, 3.8) is 0 Å². The van der Waals surface area contributed by atoms with Crippen molar-refractivity contribution in [3.05, 3.63) is 40.0 Å². The predicted molar refractivity (Wildman–Crippen MR) is 57.9 cm³/mol. The minimum Gasteiger partial charge on any atom is -0.250 e. The summed E-state index contributed by atoms with van der Waals surface area (Å²) in [5.74, 6) is -0.0369. The maximum atomic E-state index is 12.6. The van der Waals surface area contributed by atoms with Crippen LogP contribution in [0, 0.1) is 5.82 Å². The molecule has 3 nitrogen and oxygen atoms in total. The second-order valence-electron chi connectivity index (χ2n) is 2.69. The molecule has 0 aliphatic rings. The molecular formula is C9H4BrClFN3. The summed E-state index contributed by atoms with van der Waals surface area (Å²) < 4.78 is 13.2. The van der Waals surface area contributed by atoms with E-state index >= 15 is 0 Å². The van der Waals surface area contributed by atoms with Crippen LogP contribution in [-0.4, -0.2) is 15.0 Å². The van der Waals surface area contributed by atoms with E-state index in [1.807, 2.05) is 0 Å². The average Bonchev–Trinajstić information content (AvgIpc) is 2.23. The lowest BCUT2D eigenvalue weighted by atomic mass is 10.3. The predicted octanol–water partition coefficient (Wildman–Crippen LogP) is 3.09. The number of rotatable bonds is 1. The van der Waals surface area contributed by atoms with Crippen LogP contribution >= 0.6 is 27.5 Å². The Hall–Kier alpha value is -1.07. The van der Waals surface area contributed by atoms with Crippen LogP contribution in [0.3, 0.4) is 0 Å². The van der Waals surface area contributed by atoms with Gasteiger partial charge in [0.1, 0.15) is 16.7 Å². The van der Waals surface area contributed by atoms with Crippen LogP contribution in [0.5, 0.6) is 0 Å². The standard InChI is InChI=1S/C9H4BrClFN3/c10-6-4-14-9(15-8(6)11)7-2-1-5(12)3-13-7/h1-4H. The van der Waals surface area contributed by atoms with Crippen molar-refractivity contribution in [2.24, 2.45) is 0 Å². The van der Waals surface area contributed by atoms with Crippen molar-refractivity contribution in [1.82, 2.24) is 15.0 Å². The summed E-state index contributed by atoms with van der Waals surface area (Å²) in [7, 11) is 0. The van der Waals surface area contributed by atoms with Crippen LogP contribution in [0.4, 0.5) is 4.39 Å². The van der Waals surface area contributed by atoms with Gasteiger partial charge in [-0.25, -0.2) is 19.3 Å². The van der Waals surface area contributed by atoms with E-state index < -0.39 is 5.82 Å². The first-order valence-corrected chi connectivity index (χ1v) is 5.14. The Labute approximate surface area is 98.5 Å². The van der Waals surface area contributed by atoms with Gasteiger partial charge in [0.2, 0.25) is 0 Å². The fourth-order valence-electron chi connectivity index (χ4n) is 0.978. The topological polar surface area (TPSA) is 38.7 Å². The second kappa shape index (κ2) is 4.20. The first kappa shape index (κ1) is 10.4. The fraction of sp³-hybridized carbons (Fsp3) is 0. The molecule has 0 bridgehead atoms. The first-order valence-electron chi connectivity index (χ1n) is 3.97. The summed E-state index contributed by atoms with van der Waals surface area (Å²) in [5, 5.41) is 0.297. The number of aromatic nitrogens is 3. The summed E-state index contributed by atoms with van der Waals surface area (Å²) in [6.07, 6.45) is 2.63. The van der Waals surface area contributed by atoms with Gasteiger partial charge in [-0.15, -0.1) is 0 Å². The molecule has 0 aromatic carbocycles. The Kier molecular flexibility index (Phi) is 2.93. The molecule has 0 aliphatic heterocycles. The van der Waals surface area contributed by atoms with Gasteiger partial charge in [0.25, 0.3) is 0 Å². The molecule has 2 aromatic rings. The smallest absolute Gasteiger partial charge is 0.179 e. The lowest BCUT2D eigenvalue weighted by Gasteiger charge is -2.00. The molecule has 0 fully saturated rings. The largest absolute Gasteiger partial charge is 0.250 e. The van der Waals surface area contributed by atoms with E-state index in [4.69, 9.17) is 11.6 Å². The summed E-state index contributed by atoms with van der Waals surface area (Å²) >= 11 is 8.97. The molecule has 6 heteroatoms. The Bertz CT molecular complexity index is 489. The van der Waals surface area contributed by atoms with Crippen molar-refractivity contribution in [2.45, 2.75) is 0 Å². The Morgan fingerprint density at radius 2 is 2.00 bits per heavy atom. The molecule has 15 heavy (non-hydrogen) atoms. The van der Waals surface area contributed by atoms with Gasteiger partial charge in [0.15, 0.2) is 5.82 Å². The van der Waals surface area contributed by atoms with E-state index in [1.165, 1.54) is 18.3 Å². The highest BCUT2D eigenvalue weighted by atomic mass is 79.9. The maximum absolute atomic E-state index is 12.6. The van der Waals surface area contributed by atoms with Crippen molar-refractivity contribution in [1.29, 1.82) is 0 Å². The van der Waals surface area contributed by atoms with E-state index in [2.05, 4.69) is 30.9 Å². The van der Waals surface area contributed by atoms with Crippen LogP contribution in [0.2, 0.25) is 5.15 Å². The van der Waals surface area contributed by atoms with Gasteiger partial charge in [-0.05, 0) is 28.1 Å². The number of pyridine rings is 1. The maximum Gasteiger partial charge on any atom is 0.179 e. The van der Waals surface area contributed by atoms with E-state index in [1.54, 1.807) is 0 Å². The molecule has 76 valence electrons. The minimum atomic E-state index is -0.401. The summed E-state index contributed by atoms with van der Waals surface area (Å²) in [6.45, 7) is 0. The van der Waals surface area contributed by atoms with Crippen LogP contribution in [-0.2, 0) is 0 Å². The van der Waals surface area contributed by atoms with Crippen LogP contribution in [0.1, 0.15) is 0 Å². The van der Waals surface area contributed by atoms with Crippen LogP contribution in [0.15, 0.2) is 29.0 Å². The number of nitrogens with zero attached hydrogens (tertiary/aromatic N) is 3. The number of hydrogen-bond acceptors (Lipinski definition) is 3. The summed E-state index contributed by atoms with van der Waals surface area (Å²) in [6, 6.07) is 2.79. The van der Waals surface area contributed by atoms with E-state index in [0.29, 0.717) is 21.1 Å². The molecule has 2 aromatic heterocycles. The minimum absolute atomic E-state index is 0.297. The molecule has 0 amide bonds. The van der Waals surface area contributed by atoms with Gasteiger partial charge in [-0.3, -0.25) is 0 Å². The van der Waals surface area contributed by atoms with Gasteiger partial charge in [-0.1, -0.05) is 11.6 Å². The van der Waals surface area contributed by atoms with Crippen LogP contribution in [0.25, 0.3) is 11.5 Å². The molecule has 0 spiro atoms. The highest BCUT2D eigenvalue weighted by Crippen LogP contribution is 2.21. The van der Waals surface area contributed by atoms with E-state index in [0.717, 1.165) is 6.20 Å². The zero-order valence-corrected chi connectivity index (χ0v) is 9.63. The first-order chi connectivity index (χ1) is 7.16. The van der Waals surface area contributed by atoms with Gasteiger partial charge in [0.05, 0.1) is 10.7 Å². The Morgan fingerprint density at radius 3 is 2.60 bits per heavy atom.